The number of allylic oxidation sites excluding steroid dienone is 1. The lowest BCUT2D eigenvalue weighted by molar-refractivity contribution is -0.175. The third kappa shape index (κ3) is 3.12. The summed E-state index contributed by atoms with van der Waals surface area (Å²) in [6.07, 6.45) is 1.05. The summed E-state index contributed by atoms with van der Waals surface area (Å²) in [4.78, 5) is 16.3. The minimum Gasteiger partial charge on any atom is -0.388 e. The van der Waals surface area contributed by atoms with Crippen LogP contribution >= 0.6 is 0 Å². The molecule has 0 unspecified atom stereocenters. The molecule has 0 bridgehead atoms. The first-order valence-corrected chi connectivity index (χ1v) is 4.58. The molecule has 14 heavy (non-hydrogen) atoms. The van der Waals surface area contributed by atoms with Crippen molar-refractivity contribution in [1.29, 1.82) is 0 Å². The van der Waals surface area contributed by atoms with Gasteiger partial charge in [-0.15, -0.1) is 0 Å². The SMILES string of the molecule is C/C=C(\C)[C@H](O)[C@@H](C)C(=O)N(C)OC. The smallest absolute Gasteiger partial charge is 0.251 e. The number of hydrogen-bond donors (Lipinski definition) is 1. The first-order valence-electron chi connectivity index (χ1n) is 4.58. The Morgan fingerprint density at radius 1 is 1.57 bits per heavy atom. The lowest BCUT2D eigenvalue weighted by Crippen LogP contribution is -2.37. The van der Waals surface area contributed by atoms with Crippen LogP contribution in [0.1, 0.15) is 20.8 Å². The Bertz CT molecular complexity index is 225. The molecule has 0 aromatic heterocycles. The Labute approximate surface area is 85.1 Å². The molecule has 0 aliphatic carbocycles. The fourth-order valence-corrected chi connectivity index (χ4v) is 1.08. The van der Waals surface area contributed by atoms with Gasteiger partial charge in [-0.25, -0.2) is 5.06 Å². The molecule has 0 radical (unpaired) electrons. The summed E-state index contributed by atoms with van der Waals surface area (Å²) in [7, 11) is 2.94. The van der Waals surface area contributed by atoms with Crippen LogP contribution < -0.4 is 0 Å². The van der Waals surface area contributed by atoms with Crippen molar-refractivity contribution < 1.29 is 14.7 Å². The van der Waals surface area contributed by atoms with Crippen molar-refractivity contribution in [3.63, 3.8) is 0 Å². The molecule has 0 saturated carbocycles. The minimum absolute atomic E-state index is 0.235. The number of carbonyl (C=O) groups excluding carboxylic acids is 1. The van der Waals surface area contributed by atoms with Crippen molar-refractivity contribution in [2.24, 2.45) is 5.92 Å². The Balaban J connectivity index is 4.46. The van der Waals surface area contributed by atoms with Crippen LogP contribution in [0.3, 0.4) is 0 Å². The highest BCUT2D eigenvalue weighted by atomic mass is 16.7. The van der Waals surface area contributed by atoms with Crippen LogP contribution in [0.5, 0.6) is 0 Å². The van der Waals surface area contributed by atoms with E-state index >= 15 is 0 Å². The molecule has 4 heteroatoms. The van der Waals surface area contributed by atoms with Crippen LogP contribution in [0, 0.1) is 5.92 Å². The summed E-state index contributed by atoms with van der Waals surface area (Å²) in [5.74, 6) is -0.725. The maximum atomic E-state index is 11.5. The molecule has 0 saturated heterocycles. The summed E-state index contributed by atoms with van der Waals surface area (Å²) < 4.78 is 0. The van der Waals surface area contributed by atoms with Crippen LogP contribution in [0.4, 0.5) is 0 Å². The van der Waals surface area contributed by atoms with E-state index in [9.17, 15) is 9.90 Å². The molecule has 0 aromatic rings. The maximum Gasteiger partial charge on any atom is 0.251 e. The first kappa shape index (κ1) is 13.1. The number of hydroxylamine groups is 2. The van der Waals surface area contributed by atoms with E-state index in [2.05, 4.69) is 0 Å². The number of rotatable bonds is 4. The minimum atomic E-state index is -0.745. The number of carbonyl (C=O) groups is 1. The van der Waals surface area contributed by atoms with Crippen molar-refractivity contribution in [3.05, 3.63) is 11.6 Å². The van der Waals surface area contributed by atoms with Crippen molar-refractivity contribution in [2.45, 2.75) is 26.9 Å². The van der Waals surface area contributed by atoms with Gasteiger partial charge in [0.2, 0.25) is 0 Å². The van der Waals surface area contributed by atoms with Crippen LogP contribution in [0.25, 0.3) is 0 Å². The van der Waals surface area contributed by atoms with E-state index in [1.807, 2.05) is 6.92 Å². The molecule has 0 aliphatic heterocycles. The Hall–Kier alpha value is -0.870. The van der Waals surface area contributed by atoms with Crippen molar-refractivity contribution in [2.75, 3.05) is 14.2 Å². The van der Waals surface area contributed by atoms with Gasteiger partial charge in [-0.2, -0.15) is 0 Å². The predicted octanol–water partition coefficient (Wildman–Crippen LogP) is 0.969. The quantitative estimate of drug-likeness (QED) is 0.544. The first-order chi connectivity index (χ1) is 6.45. The zero-order valence-electron chi connectivity index (χ0n) is 9.44. The second kappa shape index (κ2) is 5.78. The van der Waals surface area contributed by atoms with Crippen molar-refractivity contribution >= 4 is 5.91 Å². The standard InChI is InChI=1S/C10H19NO3/c1-6-7(2)9(12)8(3)10(13)11(4)14-5/h6,8-9,12H,1-5H3/b7-6+/t8-,9+/m1/s1. The third-order valence-corrected chi connectivity index (χ3v) is 2.37. The molecule has 1 amide bonds. The van der Waals surface area contributed by atoms with Gasteiger partial charge in [-0.05, 0) is 19.4 Å². The largest absolute Gasteiger partial charge is 0.388 e. The summed E-state index contributed by atoms with van der Waals surface area (Å²) in [5.41, 5.74) is 0.787. The summed E-state index contributed by atoms with van der Waals surface area (Å²) in [5, 5.41) is 10.9. The van der Waals surface area contributed by atoms with E-state index < -0.39 is 12.0 Å². The molecule has 0 fully saturated rings. The molecule has 0 heterocycles. The molecule has 2 atom stereocenters. The number of aliphatic hydroxyl groups excluding tert-OH is 1. The average Bonchev–Trinajstić information content (AvgIpc) is 2.23. The highest BCUT2D eigenvalue weighted by Crippen LogP contribution is 2.14. The van der Waals surface area contributed by atoms with E-state index in [0.29, 0.717) is 0 Å². The van der Waals surface area contributed by atoms with E-state index in [1.54, 1.807) is 19.9 Å². The molecule has 82 valence electrons. The second-order valence-electron chi connectivity index (χ2n) is 3.28. The number of nitrogens with zero attached hydrogens (tertiary/aromatic N) is 1. The molecule has 0 aromatic carbocycles. The highest BCUT2D eigenvalue weighted by molar-refractivity contribution is 5.78. The maximum absolute atomic E-state index is 11.5. The van der Waals surface area contributed by atoms with E-state index in [4.69, 9.17) is 4.84 Å². The van der Waals surface area contributed by atoms with E-state index in [-0.39, 0.29) is 5.91 Å². The van der Waals surface area contributed by atoms with Gasteiger partial charge < -0.3 is 5.11 Å². The van der Waals surface area contributed by atoms with Gasteiger partial charge in [-0.3, -0.25) is 9.63 Å². The van der Waals surface area contributed by atoms with Gasteiger partial charge in [0.05, 0.1) is 19.1 Å². The molecular formula is C10H19NO3. The fourth-order valence-electron chi connectivity index (χ4n) is 1.08. The van der Waals surface area contributed by atoms with Crippen molar-refractivity contribution in [3.8, 4) is 0 Å². The van der Waals surface area contributed by atoms with Gasteiger partial charge in [0.25, 0.3) is 5.91 Å². The zero-order chi connectivity index (χ0) is 11.3. The van der Waals surface area contributed by atoms with Crippen LogP contribution in [-0.4, -0.2) is 36.3 Å². The van der Waals surface area contributed by atoms with E-state index in [0.717, 1.165) is 10.6 Å². The lowest BCUT2D eigenvalue weighted by atomic mass is 9.97. The zero-order valence-corrected chi connectivity index (χ0v) is 9.44. The Kier molecular flexibility index (Phi) is 5.42. The molecule has 0 aliphatic rings. The van der Waals surface area contributed by atoms with Gasteiger partial charge in [0.1, 0.15) is 0 Å². The molecule has 0 rings (SSSR count). The molecule has 4 nitrogen and oxygen atoms in total. The van der Waals surface area contributed by atoms with Crippen LogP contribution in [0.2, 0.25) is 0 Å². The lowest BCUT2D eigenvalue weighted by Gasteiger charge is -2.23. The molecule has 1 N–H and O–H groups in total. The monoisotopic (exact) mass is 201 g/mol. The van der Waals surface area contributed by atoms with Gasteiger partial charge in [0.15, 0.2) is 0 Å². The fraction of sp³-hybridized carbons (Fsp3) is 0.700. The third-order valence-electron chi connectivity index (χ3n) is 2.37. The van der Waals surface area contributed by atoms with Crippen LogP contribution in [-0.2, 0) is 9.63 Å². The van der Waals surface area contributed by atoms with Gasteiger partial charge in [0, 0.05) is 7.05 Å². The van der Waals surface area contributed by atoms with Crippen molar-refractivity contribution in [1.82, 2.24) is 5.06 Å². The van der Waals surface area contributed by atoms with Gasteiger partial charge >= 0.3 is 0 Å². The van der Waals surface area contributed by atoms with Crippen LogP contribution in [0.15, 0.2) is 11.6 Å². The summed E-state index contributed by atoms with van der Waals surface area (Å²) >= 11 is 0. The number of hydrogen-bond acceptors (Lipinski definition) is 3. The van der Waals surface area contributed by atoms with Gasteiger partial charge in [-0.1, -0.05) is 13.0 Å². The Morgan fingerprint density at radius 3 is 2.43 bits per heavy atom. The number of amides is 1. The second-order valence-corrected chi connectivity index (χ2v) is 3.28. The predicted molar refractivity (Wildman–Crippen MR) is 54.4 cm³/mol. The summed E-state index contributed by atoms with van der Waals surface area (Å²) in [6.45, 7) is 5.30. The molecule has 0 spiro atoms. The topological polar surface area (TPSA) is 49.8 Å². The average molecular weight is 201 g/mol. The molecular weight excluding hydrogens is 182 g/mol. The van der Waals surface area contributed by atoms with E-state index in [1.165, 1.54) is 14.2 Å². The Morgan fingerprint density at radius 2 is 2.07 bits per heavy atom. The summed E-state index contributed by atoms with van der Waals surface area (Å²) in [6, 6.07) is 0. The number of aliphatic hydroxyl groups is 1. The highest BCUT2D eigenvalue weighted by Gasteiger charge is 2.25. The normalized spacial score (nSPS) is 16.3.